The van der Waals surface area contributed by atoms with E-state index in [0.717, 1.165) is 10.9 Å². The Balaban J connectivity index is 1.99. The van der Waals surface area contributed by atoms with Crippen molar-refractivity contribution in [3.63, 3.8) is 0 Å². The first-order valence-corrected chi connectivity index (χ1v) is 7.48. The van der Waals surface area contributed by atoms with Gasteiger partial charge in [0.1, 0.15) is 6.54 Å². The summed E-state index contributed by atoms with van der Waals surface area (Å²) >= 11 is 0. The summed E-state index contributed by atoms with van der Waals surface area (Å²) in [7, 11) is 3.29. The molecule has 8 heteroatoms. The number of hydrogen-bond acceptors (Lipinski definition) is 5. The Kier molecular flexibility index (Phi) is 3.02. The summed E-state index contributed by atoms with van der Waals surface area (Å²) < 4.78 is 13.5. The van der Waals surface area contributed by atoms with Gasteiger partial charge in [0.05, 0.1) is 5.52 Å². The third-order valence-corrected chi connectivity index (χ3v) is 4.11. The molecule has 0 saturated heterocycles. The molecule has 124 valence electrons. The van der Waals surface area contributed by atoms with Crippen molar-refractivity contribution < 1.29 is 14.3 Å². The number of rotatable bonds is 2. The topological polar surface area (TPSA) is 78.1 Å². The number of ether oxygens (including phenoxy) is 2. The lowest BCUT2D eigenvalue weighted by Gasteiger charge is -2.08. The average Bonchev–Trinajstić information content (AvgIpc) is 3.11. The van der Waals surface area contributed by atoms with Gasteiger partial charge in [0, 0.05) is 25.5 Å². The van der Waals surface area contributed by atoms with Gasteiger partial charge in [0.15, 0.2) is 17.1 Å². The lowest BCUT2D eigenvalue weighted by Crippen LogP contribution is -2.32. The van der Waals surface area contributed by atoms with Crippen LogP contribution in [0.2, 0.25) is 0 Å². The molecule has 24 heavy (non-hydrogen) atoms. The minimum atomic E-state index is -0.354. The van der Waals surface area contributed by atoms with Gasteiger partial charge in [-0.05, 0) is 24.6 Å². The maximum absolute atomic E-state index is 12.8. The maximum Gasteiger partial charge on any atom is 0.351 e. The van der Waals surface area contributed by atoms with Crippen LogP contribution in [0.1, 0.15) is 5.56 Å². The van der Waals surface area contributed by atoms with E-state index in [1.807, 2.05) is 19.1 Å². The van der Waals surface area contributed by atoms with Crippen LogP contribution in [0.3, 0.4) is 0 Å². The van der Waals surface area contributed by atoms with E-state index in [9.17, 15) is 9.59 Å². The van der Waals surface area contributed by atoms with Gasteiger partial charge in [0.25, 0.3) is 0 Å². The number of hydrogen-bond donors (Lipinski definition) is 0. The smallest absolute Gasteiger partial charge is 0.351 e. The number of carbonyl (C=O) groups excluding carboxylic acids is 1. The molecule has 2 aromatic heterocycles. The van der Waals surface area contributed by atoms with Crippen LogP contribution in [0.25, 0.3) is 16.6 Å². The van der Waals surface area contributed by atoms with Gasteiger partial charge in [-0.15, -0.1) is 5.10 Å². The molecule has 0 unspecified atom stereocenters. The summed E-state index contributed by atoms with van der Waals surface area (Å²) in [5.74, 6) is 1.06. The molecule has 3 heterocycles. The van der Waals surface area contributed by atoms with Gasteiger partial charge in [-0.3, -0.25) is 4.79 Å². The highest BCUT2D eigenvalue weighted by atomic mass is 16.7. The molecule has 0 radical (unpaired) electrons. The largest absolute Gasteiger partial charge is 0.454 e. The molecular weight excluding hydrogens is 312 g/mol. The van der Waals surface area contributed by atoms with Crippen molar-refractivity contribution in [2.24, 2.45) is 0 Å². The third kappa shape index (κ3) is 2.03. The van der Waals surface area contributed by atoms with Crippen LogP contribution in [0.5, 0.6) is 11.5 Å². The molecule has 1 aliphatic rings. The highest BCUT2D eigenvalue weighted by molar-refractivity contribution is 5.87. The fourth-order valence-corrected chi connectivity index (χ4v) is 2.81. The molecule has 0 N–H and O–H groups in total. The Morgan fingerprint density at radius 3 is 2.67 bits per heavy atom. The van der Waals surface area contributed by atoms with E-state index in [-0.39, 0.29) is 24.9 Å². The zero-order valence-corrected chi connectivity index (χ0v) is 13.6. The van der Waals surface area contributed by atoms with Crippen LogP contribution in [0.15, 0.2) is 23.0 Å². The first kappa shape index (κ1) is 14.6. The van der Waals surface area contributed by atoms with Gasteiger partial charge in [-0.1, -0.05) is 0 Å². The molecule has 1 aliphatic heterocycles. The molecule has 8 nitrogen and oxygen atoms in total. The number of aryl methyl sites for hydroxylation is 1. The Labute approximate surface area is 136 Å². The number of benzene rings is 1. The normalized spacial score (nSPS) is 13.0. The summed E-state index contributed by atoms with van der Waals surface area (Å²) in [5.41, 5.74) is 1.69. The molecule has 4 rings (SSSR count). The quantitative estimate of drug-likeness (QED) is 0.694. The second kappa shape index (κ2) is 4.98. The Morgan fingerprint density at radius 1 is 1.25 bits per heavy atom. The SMILES string of the molecule is Cc1cc2cc3c(cc2n2c(=O)n(CC(=O)N(C)C)nc12)OCO3. The first-order valence-electron chi connectivity index (χ1n) is 7.48. The second-order valence-corrected chi connectivity index (χ2v) is 5.98. The monoisotopic (exact) mass is 328 g/mol. The lowest BCUT2D eigenvalue weighted by molar-refractivity contribution is -0.129. The minimum absolute atomic E-state index is 0.0982. The van der Waals surface area contributed by atoms with Gasteiger partial charge >= 0.3 is 5.69 Å². The Morgan fingerprint density at radius 2 is 1.96 bits per heavy atom. The maximum atomic E-state index is 12.8. The molecule has 0 aliphatic carbocycles. The van der Waals surface area contributed by atoms with Crippen LogP contribution in [0.4, 0.5) is 0 Å². The van der Waals surface area contributed by atoms with E-state index in [0.29, 0.717) is 22.7 Å². The number of nitrogens with zero attached hydrogens (tertiary/aromatic N) is 4. The number of aromatic nitrogens is 3. The zero-order valence-electron chi connectivity index (χ0n) is 13.6. The highest BCUT2D eigenvalue weighted by Crippen LogP contribution is 2.36. The summed E-state index contributed by atoms with van der Waals surface area (Å²) in [6, 6.07) is 5.56. The Bertz CT molecular complexity index is 1050. The van der Waals surface area contributed by atoms with Crippen molar-refractivity contribution in [3.05, 3.63) is 34.2 Å². The molecule has 0 saturated carbocycles. The molecule has 0 spiro atoms. The van der Waals surface area contributed by atoms with Crippen LogP contribution in [0, 0.1) is 6.92 Å². The molecule has 0 fully saturated rings. The minimum Gasteiger partial charge on any atom is -0.454 e. The van der Waals surface area contributed by atoms with Gasteiger partial charge in [-0.25, -0.2) is 13.9 Å². The fourth-order valence-electron chi connectivity index (χ4n) is 2.81. The van der Waals surface area contributed by atoms with Crippen LogP contribution >= 0.6 is 0 Å². The van der Waals surface area contributed by atoms with Crippen molar-refractivity contribution in [2.75, 3.05) is 20.9 Å². The highest BCUT2D eigenvalue weighted by Gasteiger charge is 2.19. The van der Waals surface area contributed by atoms with Crippen LogP contribution in [-0.2, 0) is 11.3 Å². The van der Waals surface area contributed by atoms with Gasteiger partial charge in [-0.2, -0.15) is 0 Å². The number of likely N-dealkylation sites (N-methyl/N-ethyl adjacent to an activating group) is 1. The zero-order chi connectivity index (χ0) is 17.0. The van der Waals surface area contributed by atoms with Gasteiger partial charge < -0.3 is 14.4 Å². The summed E-state index contributed by atoms with van der Waals surface area (Å²) in [6.07, 6.45) is 0. The number of amides is 1. The first-order chi connectivity index (χ1) is 11.5. The van der Waals surface area contributed by atoms with E-state index in [1.54, 1.807) is 20.2 Å². The van der Waals surface area contributed by atoms with E-state index in [1.165, 1.54) is 14.0 Å². The Hall–Kier alpha value is -3.03. The molecule has 3 aromatic rings. The van der Waals surface area contributed by atoms with E-state index >= 15 is 0 Å². The van der Waals surface area contributed by atoms with Crippen molar-refractivity contribution in [3.8, 4) is 11.5 Å². The predicted molar refractivity (Wildman–Crippen MR) is 86.5 cm³/mol. The van der Waals surface area contributed by atoms with Crippen LogP contribution < -0.4 is 15.2 Å². The van der Waals surface area contributed by atoms with Crippen LogP contribution in [-0.4, -0.2) is 45.9 Å². The third-order valence-electron chi connectivity index (χ3n) is 4.11. The lowest BCUT2D eigenvalue weighted by atomic mass is 10.1. The van der Waals surface area contributed by atoms with Crippen molar-refractivity contribution in [2.45, 2.75) is 13.5 Å². The predicted octanol–water partition coefficient (Wildman–Crippen LogP) is 0.775. The molecular formula is C16H16N4O4. The molecule has 0 atom stereocenters. The summed E-state index contributed by atoms with van der Waals surface area (Å²) in [6.45, 7) is 1.95. The van der Waals surface area contributed by atoms with E-state index < -0.39 is 0 Å². The average molecular weight is 328 g/mol. The molecule has 0 bridgehead atoms. The number of carbonyl (C=O) groups is 1. The molecule has 1 amide bonds. The fraction of sp³-hybridized carbons (Fsp3) is 0.312. The van der Waals surface area contributed by atoms with Crippen molar-refractivity contribution in [1.29, 1.82) is 0 Å². The van der Waals surface area contributed by atoms with Crippen molar-refractivity contribution >= 4 is 22.5 Å². The summed E-state index contributed by atoms with van der Waals surface area (Å²) in [4.78, 5) is 26.1. The van der Waals surface area contributed by atoms with E-state index in [4.69, 9.17) is 9.47 Å². The molecule has 1 aromatic carbocycles. The van der Waals surface area contributed by atoms with Gasteiger partial charge in [0.2, 0.25) is 12.7 Å². The van der Waals surface area contributed by atoms with Crippen molar-refractivity contribution in [1.82, 2.24) is 19.1 Å². The summed E-state index contributed by atoms with van der Waals surface area (Å²) in [5, 5.41) is 5.18. The standard InChI is InChI=1S/C16H16N4O4/c1-9-4-10-5-12-13(24-8-23-12)6-11(10)20-15(9)17-19(16(20)22)7-14(21)18(2)3/h4-6H,7-8H2,1-3H3. The second-order valence-electron chi connectivity index (χ2n) is 5.98. The number of pyridine rings is 1. The van der Waals surface area contributed by atoms with E-state index in [2.05, 4.69) is 5.10 Å². The number of fused-ring (bicyclic) bond motifs is 4.